The molecule has 1 amide bonds. The van der Waals surface area contributed by atoms with Crippen molar-refractivity contribution in [1.29, 1.82) is 0 Å². The third kappa shape index (κ3) is 4.55. The normalized spacial score (nSPS) is 10.7. The van der Waals surface area contributed by atoms with Crippen LogP contribution in [0.3, 0.4) is 0 Å². The second-order valence-corrected chi connectivity index (χ2v) is 8.29. The number of anilines is 2. The minimum Gasteiger partial charge on any atom is -0.497 e. The van der Waals surface area contributed by atoms with E-state index in [0.717, 1.165) is 29.0 Å². The van der Waals surface area contributed by atoms with Crippen LogP contribution in [0.5, 0.6) is 5.75 Å². The number of amides is 1. The highest BCUT2D eigenvalue weighted by molar-refractivity contribution is 7.16. The zero-order chi connectivity index (χ0) is 22.5. The number of thiazole rings is 1. The van der Waals surface area contributed by atoms with Gasteiger partial charge in [-0.05, 0) is 55.0 Å². The van der Waals surface area contributed by atoms with Gasteiger partial charge < -0.3 is 4.74 Å². The third-order valence-corrected chi connectivity index (χ3v) is 6.13. The Labute approximate surface area is 190 Å². The SMILES string of the molecule is CCCc1sc(N(C(=O)c2ccc(F)cc2)c2ccc(OC)cc2)nc1-c1ccccc1. The first kappa shape index (κ1) is 21.7. The van der Waals surface area contributed by atoms with Crippen LogP contribution >= 0.6 is 11.3 Å². The molecule has 3 aromatic carbocycles. The second-order valence-electron chi connectivity index (χ2n) is 7.23. The molecule has 0 saturated carbocycles. The second kappa shape index (κ2) is 9.75. The van der Waals surface area contributed by atoms with Gasteiger partial charge in [-0.15, -0.1) is 11.3 Å². The van der Waals surface area contributed by atoms with E-state index in [1.54, 1.807) is 24.1 Å². The van der Waals surface area contributed by atoms with Crippen molar-refractivity contribution in [1.82, 2.24) is 4.98 Å². The Morgan fingerprint density at radius 1 is 1.00 bits per heavy atom. The van der Waals surface area contributed by atoms with E-state index < -0.39 is 0 Å². The number of ether oxygens (including phenoxy) is 1. The standard InChI is InChI=1S/C26H23FN2O2S/c1-3-7-23-24(18-8-5-4-6-9-18)28-26(32-23)29(21-14-16-22(31-2)17-15-21)25(30)19-10-12-20(27)13-11-19/h4-6,8-17H,3,7H2,1-2H3. The average Bonchev–Trinajstić information content (AvgIpc) is 3.24. The van der Waals surface area contributed by atoms with E-state index in [1.165, 1.54) is 35.6 Å². The van der Waals surface area contributed by atoms with Gasteiger partial charge in [0.25, 0.3) is 5.91 Å². The monoisotopic (exact) mass is 446 g/mol. The Morgan fingerprint density at radius 3 is 2.31 bits per heavy atom. The van der Waals surface area contributed by atoms with E-state index in [2.05, 4.69) is 6.92 Å². The van der Waals surface area contributed by atoms with Crippen LogP contribution in [0.2, 0.25) is 0 Å². The summed E-state index contributed by atoms with van der Waals surface area (Å²) in [4.78, 5) is 21.2. The summed E-state index contributed by atoms with van der Waals surface area (Å²) in [6, 6.07) is 22.8. The lowest BCUT2D eigenvalue weighted by atomic mass is 10.1. The van der Waals surface area contributed by atoms with Crippen LogP contribution in [0.15, 0.2) is 78.9 Å². The maximum Gasteiger partial charge on any atom is 0.264 e. The minimum atomic E-state index is -0.386. The molecule has 1 aromatic heterocycles. The van der Waals surface area contributed by atoms with Crippen molar-refractivity contribution in [3.63, 3.8) is 0 Å². The zero-order valence-electron chi connectivity index (χ0n) is 17.9. The molecule has 0 saturated heterocycles. The maximum atomic E-state index is 13.6. The highest BCUT2D eigenvalue weighted by Crippen LogP contribution is 2.38. The predicted octanol–water partition coefficient (Wildman–Crippen LogP) is 6.89. The molecule has 0 aliphatic heterocycles. The lowest BCUT2D eigenvalue weighted by Gasteiger charge is -2.20. The van der Waals surface area contributed by atoms with Crippen molar-refractivity contribution in [2.45, 2.75) is 19.8 Å². The molecule has 4 rings (SSSR count). The molecule has 6 heteroatoms. The number of aromatic nitrogens is 1. The van der Waals surface area contributed by atoms with E-state index in [0.29, 0.717) is 22.1 Å². The Morgan fingerprint density at radius 2 is 1.69 bits per heavy atom. The molecule has 0 unspecified atom stereocenters. The summed E-state index contributed by atoms with van der Waals surface area (Å²) in [5, 5.41) is 0.576. The molecule has 0 aliphatic carbocycles. The summed E-state index contributed by atoms with van der Waals surface area (Å²) in [6.07, 6.45) is 1.83. The van der Waals surface area contributed by atoms with Crippen molar-refractivity contribution in [2.24, 2.45) is 0 Å². The molecular formula is C26H23FN2O2S. The average molecular weight is 447 g/mol. The fourth-order valence-corrected chi connectivity index (χ4v) is 4.62. The lowest BCUT2D eigenvalue weighted by Crippen LogP contribution is -2.25. The van der Waals surface area contributed by atoms with Gasteiger partial charge in [0.2, 0.25) is 0 Å². The first-order valence-electron chi connectivity index (χ1n) is 10.4. The summed E-state index contributed by atoms with van der Waals surface area (Å²) in [5.74, 6) is 0.0358. The van der Waals surface area contributed by atoms with Gasteiger partial charge in [0.05, 0.1) is 18.5 Å². The number of hydrogen-bond donors (Lipinski definition) is 0. The Hall–Kier alpha value is -3.51. The highest BCUT2D eigenvalue weighted by Gasteiger charge is 2.25. The first-order chi connectivity index (χ1) is 15.6. The highest BCUT2D eigenvalue weighted by atomic mass is 32.1. The van der Waals surface area contributed by atoms with Gasteiger partial charge >= 0.3 is 0 Å². The predicted molar refractivity (Wildman–Crippen MR) is 127 cm³/mol. The van der Waals surface area contributed by atoms with Crippen LogP contribution in [0, 0.1) is 5.82 Å². The summed E-state index contributed by atoms with van der Waals surface area (Å²) >= 11 is 1.51. The smallest absolute Gasteiger partial charge is 0.264 e. The molecule has 0 radical (unpaired) electrons. The molecular weight excluding hydrogens is 423 g/mol. The summed E-state index contributed by atoms with van der Waals surface area (Å²) in [7, 11) is 1.60. The van der Waals surface area contributed by atoms with Crippen LogP contribution < -0.4 is 9.64 Å². The number of methoxy groups -OCH3 is 1. The molecule has 0 aliphatic rings. The number of aryl methyl sites for hydroxylation is 1. The molecule has 4 nitrogen and oxygen atoms in total. The van der Waals surface area contributed by atoms with Crippen molar-refractivity contribution in [3.8, 4) is 17.0 Å². The van der Waals surface area contributed by atoms with Crippen molar-refractivity contribution in [2.75, 3.05) is 12.0 Å². The lowest BCUT2D eigenvalue weighted by molar-refractivity contribution is 0.0999. The molecule has 0 N–H and O–H groups in total. The summed E-state index contributed by atoms with van der Waals surface area (Å²) in [5.41, 5.74) is 2.95. The number of benzene rings is 3. The Kier molecular flexibility index (Phi) is 6.61. The van der Waals surface area contributed by atoms with Crippen LogP contribution in [0.1, 0.15) is 28.6 Å². The molecule has 0 spiro atoms. The minimum absolute atomic E-state index is 0.272. The first-order valence-corrected chi connectivity index (χ1v) is 11.2. The molecule has 0 bridgehead atoms. The Bertz CT molecular complexity index is 1190. The van der Waals surface area contributed by atoms with E-state index in [1.807, 2.05) is 42.5 Å². The number of carbonyl (C=O) groups excluding carboxylic acids is 1. The van der Waals surface area contributed by atoms with Crippen molar-refractivity contribution >= 4 is 28.1 Å². The number of hydrogen-bond acceptors (Lipinski definition) is 4. The Balaban J connectivity index is 1.83. The molecule has 0 fully saturated rings. The van der Waals surface area contributed by atoms with Crippen LogP contribution in [-0.4, -0.2) is 18.0 Å². The summed E-state index contributed by atoms with van der Waals surface area (Å²) < 4.78 is 18.7. The van der Waals surface area contributed by atoms with E-state index in [9.17, 15) is 9.18 Å². The van der Waals surface area contributed by atoms with Crippen LogP contribution in [0.25, 0.3) is 11.3 Å². The van der Waals surface area contributed by atoms with E-state index >= 15 is 0 Å². The van der Waals surface area contributed by atoms with Gasteiger partial charge in [0, 0.05) is 16.0 Å². The quantitative estimate of drug-likeness (QED) is 0.310. The zero-order valence-corrected chi connectivity index (χ0v) is 18.7. The number of halogens is 1. The van der Waals surface area contributed by atoms with E-state index in [4.69, 9.17) is 9.72 Å². The fraction of sp³-hybridized carbons (Fsp3) is 0.154. The van der Waals surface area contributed by atoms with Gasteiger partial charge in [-0.1, -0.05) is 43.7 Å². The molecule has 0 atom stereocenters. The topological polar surface area (TPSA) is 42.4 Å². The van der Waals surface area contributed by atoms with Gasteiger partial charge in [0.1, 0.15) is 11.6 Å². The van der Waals surface area contributed by atoms with E-state index in [-0.39, 0.29) is 11.7 Å². The maximum absolute atomic E-state index is 13.6. The van der Waals surface area contributed by atoms with Gasteiger partial charge in [-0.3, -0.25) is 9.69 Å². The largest absolute Gasteiger partial charge is 0.497 e. The van der Waals surface area contributed by atoms with Crippen molar-refractivity contribution in [3.05, 3.63) is 95.1 Å². The third-order valence-electron chi connectivity index (χ3n) is 5.03. The molecule has 4 aromatic rings. The van der Waals surface area contributed by atoms with Gasteiger partial charge in [-0.25, -0.2) is 9.37 Å². The van der Waals surface area contributed by atoms with Gasteiger partial charge in [0.15, 0.2) is 5.13 Å². The fourth-order valence-electron chi connectivity index (χ4n) is 3.42. The number of rotatable bonds is 7. The molecule has 32 heavy (non-hydrogen) atoms. The summed E-state index contributed by atoms with van der Waals surface area (Å²) in [6.45, 7) is 2.12. The van der Waals surface area contributed by atoms with Crippen LogP contribution in [0.4, 0.5) is 15.2 Å². The van der Waals surface area contributed by atoms with Crippen LogP contribution in [-0.2, 0) is 6.42 Å². The number of carbonyl (C=O) groups is 1. The number of nitrogens with zero attached hydrogens (tertiary/aromatic N) is 2. The van der Waals surface area contributed by atoms with Crippen molar-refractivity contribution < 1.29 is 13.9 Å². The molecule has 1 heterocycles. The molecule has 162 valence electrons. The van der Waals surface area contributed by atoms with Gasteiger partial charge in [-0.2, -0.15) is 0 Å².